The number of furan rings is 2. The van der Waals surface area contributed by atoms with Crippen molar-refractivity contribution in [2.45, 2.75) is 0 Å². The van der Waals surface area contributed by atoms with Crippen LogP contribution in [0.15, 0.2) is 160 Å². The first-order valence-electron chi connectivity index (χ1n) is 15.9. The molecule has 5 nitrogen and oxygen atoms in total. The molecule has 0 aliphatic heterocycles. The van der Waals surface area contributed by atoms with Crippen LogP contribution in [0.25, 0.3) is 99.9 Å². The number of rotatable bonds is 4. The molecule has 5 heteroatoms. The first-order valence-corrected chi connectivity index (χ1v) is 15.9. The molecule has 0 amide bonds. The van der Waals surface area contributed by atoms with Crippen LogP contribution in [0.1, 0.15) is 0 Å². The molecule has 0 unspecified atom stereocenters. The molecule has 10 rings (SSSR count). The lowest BCUT2D eigenvalue weighted by Crippen LogP contribution is -2.01. The number of aromatic nitrogens is 3. The smallest absolute Gasteiger partial charge is 0.167 e. The molecule has 3 heterocycles. The fourth-order valence-electron chi connectivity index (χ4n) is 6.98. The van der Waals surface area contributed by atoms with Crippen molar-refractivity contribution in [3.8, 4) is 45.3 Å². The second kappa shape index (κ2) is 10.5. The van der Waals surface area contributed by atoms with Crippen molar-refractivity contribution in [2.75, 3.05) is 0 Å². The summed E-state index contributed by atoms with van der Waals surface area (Å²) in [6.45, 7) is 0. The highest BCUT2D eigenvalue weighted by atomic mass is 16.3. The van der Waals surface area contributed by atoms with Crippen LogP contribution < -0.4 is 0 Å². The molecule has 10 aromatic rings. The molecule has 48 heavy (non-hydrogen) atoms. The predicted octanol–water partition coefficient (Wildman–Crippen LogP) is 11.5. The van der Waals surface area contributed by atoms with Crippen LogP contribution in [0.5, 0.6) is 0 Å². The van der Waals surface area contributed by atoms with E-state index in [0.717, 1.165) is 82.5 Å². The van der Waals surface area contributed by atoms with Crippen LogP contribution in [0, 0.1) is 0 Å². The summed E-state index contributed by atoms with van der Waals surface area (Å²) in [5.74, 6) is 1.76. The second-order valence-electron chi connectivity index (χ2n) is 11.9. The summed E-state index contributed by atoms with van der Waals surface area (Å²) in [6.07, 6.45) is 0. The molecule has 0 aliphatic carbocycles. The fourth-order valence-corrected chi connectivity index (χ4v) is 6.98. The van der Waals surface area contributed by atoms with Gasteiger partial charge in [-0.1, -0.05) is 121 Å². The maximum absolute atomic E-state index is 6.42. The van der Waals surface area contributed by atoms with Crippen LogP contribution in [-0.4, -0.2) is 15.0 Å². The van der Waals surface area contributed by atoms with Gasteiger partial charge >= 0.3 is 0 Å². The van der Waals surface area contributed by atoms with E-state index in [-0.39, 0.29) is 0 Å². The second-order valence-corrected chi connectivity index (χ2v) is 11.9. The normalized spacial score (nSPS) is 11.8. The van der Waals surface area contributed by atoms with Crippen LogP contribution in [0.4, 0.5) is 0 Å². The molecule has 224 valence electrons. The van der Waals surface area contributed by atoms with Gasteiger partial charge in [0.2, 0.25) is 0 Å². The molecule has 3 aromatic heterocycles. The average molecular weight is 616 g/mol. The topological polar surface area (TPSA) is 65.0 Å². The summed E-state index contributed by atoms with van der Waals surface area (Å²) in [5, 5.41) is 6.47. The van der Waals surface area contributed by atoms with Crippen LogP contribution in [-0.2, 0) is 0 Å². The van der Waals surface area contributed by atoms with Crippen molar-refractivity contribution in [1.29, 1.82) is 0 Å². The van der Waals surface area contributed by atoms with E-state index in [1.807, 2.05) is 78.9 Å². The van der Waals surface area contributed by atoms with Gasteiger partial charge < -0.3 is 8.83 Å². The minimum Gasteiger partial charge on any atom is -0.456 e. The highest BCUT2D eigenvalue weighted by molar-refractivity contribution is 6.16. The van der Waals surface area contributed by atoms with E-state index in [0.29, 0.717) is 17.5 Å². The van der Waals surface area contributed by atoms with Gasteiger partial charge in [0.1, 0.15) is 22.3 Å². The summed E-state index contributed by atoms with van der Waals surface area (Å²) >= 11 is 0. The lowest BCUT2D eigenvalue weighted by molar-refractivity contribution is 0.669. The van der Waals surface area contributed by atoms with Gasteiger partial charge in [-0.15, -0.1) is 0 Å². The first kappa shape index (κ1) is 26.6. The largest absolute Gasteiger partial charge is 0.456 e. The van der Waals surface area contributed by atoms with E-state index in [9.17, 15) is 0 Å². The highest BCUT2D eigenvalue weighted by Gasteiger charge is 2.20. The van der Waals surface area contributed by atoms with E-state index in [4.69, 9.17) is 23.8 Å². The fraction of sp³-hybridized carbons (Fsp3) is 0. The van der Waals surface area contributed by atoms with Crippen molar-refractivity contribution >= 4 is 54.6 Å². The molecular formula is C43H25N3O2. The average Bonchev–Trinajstić information content (AvgIpc) is 3.73. The Morgan fingerprint density at radius 1 is 0.312 bits per heavy atom. The number of nitrogens with zero attached hydrogens (tertiary/aromatic N) is 3. The van der Waals surface area contributed by atoms with Gasteiger partial charge in [0.25, 0.3) is 0 Å². The lowest BCUT2D eigenvalue weighted by atomic mass is 9.92. The standard InChI is InChI=1S/C43H25N3O2/c1-2-12-26(13-3-1)41-44-42(46-43(45-41)35-20-10-19-32-30-16-6-8-21-36(30)48-40(32)35)33-25-24-29(27-14-4-5-15-28(27)33)31-18-11-23-38-39(31)34-17-7-9-22-37(34)47-38/h1-25H. The third-order valence-electron chi connectivity index (χ3n) is 9.17. The summed E-state index contributed by atoms with van der Waals surface area (Å²) in [6, 6.07) is 51.6. The molecule has 0 saturated heterocycles. The van der Waals surface area contributed by atoms with Crippen molar-refractivity contribution in [2.24, 2.45) is 0 Å². The van der Waals surface area contributed by atoms with Gasteiger partial charge in [0, 0.05) is 32.7 Å². The van der Waals surface area contributed by atoms with E-state index in [1.165, 1.54) is 0 Å². The molecule has 0 radical (unpaired) electrons. The molecule has 0 bridgehead atoms. The Bertz CT molecular complexity index is 2850. The van der Waals surface area contributed by atoms with Gasteiger partial charge in [-0.3, -0.25) is 0 Å². The number of hydrogen-bond donors (Lipinski definition) is 0. The molecule has 0 saturated carbocycles. The predicted molar refractivity (Wildman–Crippen MR) is 194 cm³/mol. The van der Waals surface area contributed by atoms with Crippen molar-refractivity contribution in [3.63, 3.8) is 0 Å². The van der Waals surface area contributed by atoms with Gasteiger partial charge in [-0.25, -0.2) is 15.0 Å². The van der Waals surface area contributed by atoms with Gasteiger partial charge in [0.15, 0.2) is 17.5 Å². The Morgan fingerprint density at radius 2 is 0.854 bits per heavy atom. The number of fused-ring (bicyclic) bond motifs is 7. The molecule has 0 aliphatic rings. The quantitative estimate of drug-likeness (QED) is 0.197. The third kappa shape index (κ3) is 4.08. The summed E-state index contributed by atoms with van der Waals surface area (Å²) in [4.78, 5) is 15.3. The van der Waals surface area contributed by atoms with Crippen molar-refractivity contribution in [3.05, 3.63) is 152 Å². The zero-order chi connectivity index (χ0) is 31.6. The number of hydrogen-bond acceptors (Lipinski definition) is 5. The molecular weight excluding hydrogens is 590 g/mol. The van der Waals surface area contributed by atoms with Crippen LogP contribution in [0.2, 0.25) is 0 Å². The summed E-state index contributed by atoms with van der Waals surface area (Å²) in [7, 11) is 0. The van der Waals surface area contributed by atoms with E-state index >= 15 is 0 Å². The summed E-state index contributed by atoms with van der Waals surface area (Å²) in [5.41, 5.74) is 8.26. The lowest BCUT2D eigenvalue weighted by Gasteiger charge is -2.14. The van der Waals surface area contributed by atoms with Crippen LogP contribution in [0.3, 0.4) is 0 Å². The molecule has 0 spiro atoms. The van der Waals surface area contributed by atoms with Crippen molar-refractivity contribution < 1.29 is 8.83 Å². The number of para-hydroxylation sites is 3. The highest BCUT2D eigenvalue weighted by Crippen LogP contribution is 2.42. The Hall–Kier alpha value is -6.59. The zero-order valence-electron chi connectivity index (χ0n) is 25.6. The Balaban J connectivity index is 1.22. The first-order chi connectivity index (χ1) is 23.8. The van der Waals surface area contributed by atoms with Crippen molar-refractivity contribution in [1.82, 2.24) is 15.0 Å². The Morgan fingerprint density at radius 3 is 1.67 bits per heavy atom. The maximum Gasteiger partial charge on any atom is 0.167 e. The molecule has 0 atom stereocenters. The van der Waals surface area contributed by atoms with E-state index in [1.54, 1.807) is 0 Å². The summed E-state index contributed by atoms with van der Waals surface area (Å²) < 4.78 is 12.7. The molecule has 0 fully saturated rings. The Kier molecular flexibility index (Phi) is 5.81. The maximum atomic E-state index is 6.42. The third-order valence-corrected chi connectivity index (χ3v) is 9.17. The van der Waals surface area contributed by atoms with Gasteiger partial charge in [-0.05, 0) is 52.2 Å². The van der Waals surface area contributed by atoms with E-state index < -0.39 is 0 Å². The minimum atomic E-state index is 0.561. The minimum absolute atomic E-state index is 0.561. The SMILES string of the molecule is c1ccc(-c2nc(-c3ccc(-c4cccc5oc6ccccc6c45)c4ccccc34)nc(-c3cccc4c3oc3ccccc34)n2)cc1. The molecule has 0 N–H and O–H groups in total. The van der Waals surface area contributed by atoms with Gasteiger partial charge in [-0.2, -0.15) is 0 Å². The van der Waals surface area contributed by atoms with Gasteiger partial charge in [0.05, 0.1) is 5.56 Å². The van der Waals surface area contributed by atoms with E-state index in [2.05, 4.69) is 72.8 Å². The Labute approximate surface area is 274 Å². The zero-order valence-corrected chi connectivity index (χ0v) is 25.6. The number of benzene rings is 7. The molecule has 7 aromatic carbocycles. The van der Waals surface area contributed by atoms with Crippen LogP contribution >= 0.6 is 0 Å². The monoisotopic (exact) mass is 615 g/mol.